The Morgan fingerprint density at radius 3 is 1.45 bits per heavy atom. The van der Waals surface area contributed by atoms with Crippen molar-refractivity contribution < 1.29 is 8.85 Å². The van der Waals surface area contributed by atoms with Crippen LogP contribution in [0.1, 0.15) is 132 Å². The van der Waals surface area contributed by atoms with Crippen LogP contribution in [0.3, 0.4) is 0 Å². The van der Waals surface area contributed by atoms with Gasteiger partial charge in [-0.15, -0.1) is 0 Å². The van der Waals surface area contributed by atoms with Gasteiger partial charge in [0.2, 0.25) is 0 Å². The Labute approximate surface area is 275 Å². The van der Waals surface area contributed by atoms with Crippen molar-refractivity contribution in [3.63, 3.8) is 0 Å². The molecule has 0 aliphatic rings. The van der Waals surface area contributed by atoms with Gasteiger partial charge in [0, 0.05) is 0 Å². The van der Waals surface area contributed by atoms with Crippen LogP contribution in [-0.4, -0.2) is 29.3 Å². The average molecular weight is 637 g/mol. The molecule has 0 spiro atoms. The SMILES string of the molecule is CCCCCCCCCCCCCC/C=C/[C@H](CO[Si](C)(C)C(C)(C)C)O[Si](c1ccccc1)(c1ccccc1)C(C)(C)C. The molecule has 1 atom stereocenters. The Hall–Kier alpha value is -1.47. The predicted octanol–water partition coefficient (Wildman–Crippen LogP) is 11.6. The minimum Gasteiger partial charge on any atom is -0.414 e. The zero-order valence-electron chi connectivity index (χ0n) is 30.2. The van der Waals surface area contributed by atoms with E-state index < -0.39 is 16.6 Å². The number of hydrogen-bond donors (Lipinski definition) is 0. The topological polar surface area (TPSA) is 18.5 Å². The number of benzene rings is 2. The zero-order valence-corrected chi connectivity index (χ0v) is 32.2. The normalized spacial score (nSPS) is 13.9. The van der Waals surface area contributed by atoms with E-state index in [2.05, 4.69) is 134 Å². The Bertz CT molecular complexity index is 995. The maximum atomic E-state index is 7.55. The third-order valence-corrected chi connectivity index (χ3v) is 19.3. The lowest BCUT2D eigenvalue weighted by Gasteiger charge is -2.45. The van der Waals surface area contributed by atoms with Crippen molar-refractivity contribution in [3.8, 4) is 0 Å². The number of allylic oxidation sites excluding steroid dienone is 1. The van der Waals surface area contributed by atoms with Crippen LogP contribution in [0.5, 0.6) is 0 Å². The monoisotopic (exact) mass is 636 g/mol. The van der Waals surface area contributed by atoms with Gasteiger partial charge in [-0.2, -0.15) is 0 Å². The Kier molecular flexibility index (Phi) is 16.9. The second kappa shape index (κ2) is 19.3. The molecule has 2 rings (SSSR count). The maximum Gasteiger partial charge on any atom is 0.261 e. The molecule has 0 unspecified atom stereocenters. The largest absolute Gasteiger partial charge is 0.414 e. The lowest BCUT2D eigenvalue weighted by atomic mass is 10.0. The summed E-state index contributed by atoms with van der Waals surface area (Å²) in [6.07, 6.45) is 22.4. The first-order valence-electron chi connectivity index (χ1n) is 17.9. The van der Waals surface area contributed by atoms with E-state index in [4.69, 9.17) is 8.85 Å². The highest BCUT2D eigenvalue weighted by molar-refractivity contribution is 6.99. The van der Waals surface area contributed by atoms with E-state index in [1.807, 2.05) is 0 Å². The molecule has 0 aliphatic heterocycles. The van der Waals surface area contributed by atoms with Gasteiger partial charge in [-0.05, 0) is 46.4 Å². The minimum atomic E-state index is -2.68. The predicted molar refractivity (Wildman–Crippen MR) is 200 cm³/mol. The van der Waals surface area contributed by atoms with Gasteiger partial charge in [0.05, 0.1) is 12.7 Å². The molecule has 0 aliphatic carbocycles. The third-order valence-electron chi connectivity index (χ3n) is 9.73. The Morgan fingerprint density at radius 1 is 0.614 bits per heavy atom. The average Bonchev–Trinajstić information content (AvgIpc) is 2.98. The lowest BCUT2D eigenvalue weighted by molar-refractivity contribution is 0.145. The summed E-state index contributed by atoms with van der Waals surface area (Å²) >= 11 is 0. The summed E-state index contributed by atoms with van der Waals surface area (Å²) in [5.74, 6) is 0. The van der Waals surface area contributed by atoms with Gasteiger partial charge in [0.15, 0.2) is 8.32 Å². The van der Waals surface area contributed by atoms with Crippen molar-refractivity contribution in [2.45, 2.75) is 161 Å². The van der Waals surface area contributed by atoms with Crippen molar-refractivity contribution >= 4 is 27.0 Å². The molecule has 4 heteroatoms. The third kappa shape index (κ3) is 12.4. The van der Waals surface area contributed by atoms with Crippen LogP contribution in [0.25, 0.3) is 0 Å². The fraction of sp³-hybridized carbons (Fsp3) is 0.650. The van der Waals surface area contributed by atoms with Crippen molar-refractivity contribution in [3.05, 3.63) is 72.8 Å². The van der Waals surface area contributed by atoms with Gasteiger partial charge in [-0.25, -0.2) is 0 Å². The zero-order chi connectivity index (χ0) is 32.5. The van der Waals surface area contributed by atoms with E-state index in [0.29, 0.717) is 6.61 Å². The summed E-state index contributed by atoms with van der Waals surface area (Å²) in [4.78, 5) is 0. The van der Waals surface area contributed by atoms with Crippen LogP contribution in [-0.2, 0) is 8.85 Å². The highest BCUT2D eigenvalue weighted by Gasteiger charge is 2.51. The lowest BCUT2D eigenvalue weighted by Crippen LogP contribution is -2.68. The van der Waals surface area contributed by atoms with Crippen molar-refractivity contribution in [2.24, 2.45) is 0 Å². The van der Waals surface area contributed by atoms with Gasteiger partial charge in [0.25, 0.3) is 8.32 Å². The van der Waals surface area contributed by atoms with E-state index in [9.17, 15) is 0 Å². The highest BCUT2D eigenvalue weighted by Crippen LogP contribution is 2.39. The second-order valence-electron chi connectivity index (χ2n) is 15.5. The number of hydrogen-bond acceptors (Lipinski definition) is 2. The van der Waals surface area contributed by atoms with Crippen molar-refractivity contribution in [2.75, 3.05) is 6.61 Å². The van der Waals surface area contributed by atoms with Gasteiger partial charge >= 0.3 is 0 Å². The number of rotatable bonds is 21. The molecule has 0 saturated carbocycles. The minimum absolute atomic E-state index is 0.0612. The van der Waals surface area contributed by atoms with Crippen molar-refractivity contribution in [1.82, 2.24) is 0 Å². The summed E-state index contributed by atoms with van der Waals surface area (Å²) < 4.78 is 14.4. The summed E-state index contributed by atoms with van der Waals surface area (Å²) in [5.41, 5.74) is 0. The van der Waals surface area contributed by atoms with Gasteiger partial charge in [-0.3, -0.25) is 0 Å². The molecule has 248 valence electrons. The van der Waals surface area contributed by atoms with Gasteiger partial charge < -0.3 is 8.85 Å². The molecular formula is C40H68O2Si2. The second-order valence-corrected chi connectivity index (χ2v) is 24.6. The fourth-order valence-electron chi connectivity index (χ4n) is 5.91. The Balaban J connectivity index is 2.12. The fourth-order valence-corrected chi connectivity index (χ4v) is 11.5. The first-order chi connectivity index (χ1) is 20.8. The molecule has 2 aromatic rings. The van der Waals surface area contributed by atoms with Crippen LogP contribution in [0.2, 0.25) is 23.2 Å². The summed E-state index contributed by atoms with van der Waals surface area (Å²) in [7, 11) is -4.61. The molecule has 0 radical (unpaired) electrons. The van der Waals surface area contributed by atoms with Crippen LogP contribution in [0.15, 0.2) is 72.8 Å². The van der Waals surface area contributed by atoms with Gasteiger partial charge in [-0.1, -0.05) is 192 Å². The van der Waals surface area contributed by atoms with Crippen LogP contribution in [0.4, 0.5) is 0 Å². The van der Waals surface area contributed by atoms with E-state index in [0.717, 1.165) is 6.42 Å². The van der Waals surface area contributed by atoms with Crippen molar-refractivity contribution in [1.29, 1.82) is 0 Å². The molecule has 0 amide bonds. The first kappa shape index (κ1) is 38.7. The van der Waals surface area contributed by atoms with E-state index in [1.165, 1.54) is 87.4 Å². The highest BCUT2D eigenvalue weighted by atomic mass is 28.4. The van der Waals surface area contributed by atoms with Crippen LogP contribution < -0.4 is 10.4 Å². The molecule has 0 aromatic heterocycles. The molecule has 2 aromatic carbocycles. The molecule has 0 fully saturated rings. The van der Waals surface area contributed by atoms with Crippen LogP contribution in [0, 0.1) is 0 Å². The van der Waals surface area contributed by atoms with E-state index >= 15 is 0 Å². The molecule has 0 saturated heterocycles. The molecule has 0 bridgehead atoms. The summed E-state index contributed by atoms with van der Waals surface area (Å²) in [6, 6.07) is 22.0. The van der Waals surface area contributed by atoms with Gasteiger partial charge in [0.1, 0.15) is 0 Å². The van der Waals surface area contributed by atoms with E-state index in [1.54, 1.807) is 0 Å². The molecule has 44 heavy (non-hydrogen) atoms. The standard InChI is InChI=1S/C40H68O2Si2/c1-10-11-12-13-14-15-16-17-18-19-20-21-22-25-30-36(35-41-43(8,9)39(2,3)4)42-44(40(5,6)7,37-31-26-23-27-32-37)38-33-28-24-29-34-38/h23-34,36H,10-22,35H2,1-9H3/b30-25+/t36-/m1/s1. The summed E-state index contributed by atoms with van der Waals surface area (Å²) in [6.45, 7) is 21.6. The molecule has 2 nitrogen and oxygen atoms in total. The number of unbranched alkanes of at least 4 members (excludes halogenated alkanes) is 12. The maximum absolute atomic E-state index is 7.55. The molecular weight excluding hydrogens is 569 g/mol. The van der Waals surface area contributed by atoms with E-state index in [-0.39, 0.29) is 16.2 Å². The first-order valence-corrected chi connectivity index (χ1v) is 22.8. The smallest absolute Gasteiger partial charge is 0.261 e. The Morgan fingerprint density at radius 2 is 1.05 bits per heavy atom. The summed E-state index contributed by atoms with van der Waals surface area (Å²) in [5, 5.41) is 2.75. The van der Waals surface area contributed by atoms with Crippen LogP contribution >= 0.6 is 0 Å². The quantitative estimate of drug-likeness (QED) is 0.0771. The molecule has 0 heterocycles. The molecule has 0 N–H and O–H groups in total.